The van der Waals surface area contributed by atoms with Crippen LogP contribution < -0.4 is 0 Å². The number of aliphatic hydroxyl groups excluding tert-OH is 2. The van der Waals surface area contributed by atoms with Crippen molar-refractivity contribution in [2.24, 2.45) is 0 Å². The van der Waals surface area contributed by atoms with Gasteiger partial charge in [0.25, 0.3) is 10.1 Å². The summed E-state index contributed by atoms with van der Waals surface area (Å²) in [5.41, 5.74) is -0.289. The van der Waals surface area contributed by atoms with Crippen molar-refractivity contribution in [3.8, 4) is 11.8 Å². The van der Waals surface area contributed by atoms with Crippen LogP contribution in [0.3, 0.4) is 0 Å². The fourth-order valence-electron chi connectivity index (χ4n) is 0.746. The first kappa shape index (κ1) is 21.3. The van der Waals surface area contributed by atoms with Gasteiger partial charge >= 0.3 is 5.97 Å². The number of rotatable bonds is 1. The minimum absolute atomic E-state index is 0.166. The van der Waals surface area contributed by atoms with Crippen LogP contribution in [-0.2, 0) is 10.1 Å². The van der Waals surface area contributed by atoms with Gasteiger partial charge in [-0.05, 0) is 12.1 Å². The minimum Gasteiger partial charge on any atom is -0.478 e. The number of benzene rings is 1. The summed E-state index contributed by atoms with van der Waals surface area (Å²) in [4.78, 5) is 10.2. The quantitative estimate of drug-likeness (QED) is 0.422. The van der Waals surface area contributed by atoms with Crippen LogP contribution in [0, 0.1) is 17.7 Å². The maximum absolute atomic E-state index is 12.5. The molecule has 1 rings (SSSR count). The maximum Gasteiger partial charge on any atom is 0.338 e. The summed E-state index contributed by atoms with van der Waals surface area (Å²) in [6.07, 6.45) is 0.715. The van der Waals surface area contributed by atoms with Gasteiger partial charge in [-0.3, -0.25) is 4.55 Å². The van der Waals surface area contributed by atoms with Crippen LogP contribution in [0.25, 0.3) is 0 Å². The molecule has 0 atom stereocenters. The largest absolute Gasteiger partial charge is 0.478 e. The zero-order valence-corrected chi connectivity index (χ0v) is 11.8. The van der Waals surface area contributed by atoms with E-state index in [1.807, 2.05) is 0 Å². The number of hydrogen-bond donors (Lipinski definition) is 4. The molecule has 1 aromatic rings. The van der Waals surface area contributed by atoms with Crippen molar-refractivity contribution < 1.29 is 37.5 Å². The predicted molar refractivity (Wildman–Crippen MR) is 72.8 cm³/mol. The van der Waals surface area contributed by atoms with E-state index in [-0.39, 0.29) is 18.8 Å². The van der Waals surface area contributed by atoms with E-state index < -0.39 is 21.9 Å². The molecular formula is C12H15FO7S. The van der Waals surface area contributed by atoms with Crippen molar-refractivity contribution in [1.82, 2.24) is 0 Å². The van der Waals surface area contributed by atoms with E-state index in [2.05, 4.69) is 11.8 Å². The average Bonchev–Trinajstić information content (AvgIpc) is 2.35. The lowest BCUT2D eigenvalue weighted by Gasteiger charge is -1.92. The van der Waals surface area contributed by atoms with Gasteiger partial charge in [0, 0.05) is 0 Å². The highest BCUT2D eigenvalue weighted by Crippen LogP contribution is 2.04. The van der Waals surface area contributed by atoms with Crippen LogP contribution in [0.5, 0.6) is 0 Å². The Morgan fingerprint density at radius 2 is 1.57 bits per heavy atom. The predicted octanol–water partition coefficient (Wildman–Crippen LogP) is 0.00230. The fourth-order valence-corrected chi connectivity index (χ4v) is 0.746. The molecule has 0 aliphatic carbocycles. The van der Waals surface area contributed by atoms with Crippen LogP contribution in [0.4, 0.5) is 4.39 Å². The molecular weight excluding hydrogens is 307 g/mol. The van der Waals surface area contributed by atoms with Gasteiger partial charge in [0.1, 0.15) is 19.0 Å². The highest BCUT2D eigenvalue weighted by atomic mass is 32.2. The molecule has 118 valence electrons. The number of halogens is 1. The Hall–Kier alpha value is -1.99. The number of carbonyl (C=O) groups is 1. The first-order chi connectivity index (χ1) is 9.63. The van der Waals surface area contributed by atoms with E-state index in [4.69, 9.17) is 19.9 Å². The Labute approximate surface area is 121 Å². The Bertz CT molecular complexity index is 571. The van der Waals surface area contributed by atoms with Crippen molar-refractivity contribution in [3.63, 3.8) is 0 Å². The molecule has 21 heavy (non-hydrogen) atoms. The molecule has 0 bridgehead atoms. The van der Waals surface area contributed by atoms with Crippen molar-refractivity contribution >= 4 is 16.1 Å². The molecule has 0 spiro atoms. The van der Waals surface area contributed by atoms with Crippen molar-refractivity contribution in [3.05, 3.63) is 35.6 Å². The molecule has 0 fully saturated rings. The second-order valence-electron chi connectivity index (χ2n) is 3.19. The van der Waals surface area contributed by atoms with Crippen LogP contribution in [0.1, 0.15) is 10.4 Å². The second kappa shape index (κ2) is 11.8. The van der Waals surface area contributed by atoms with Crippen molar-refractivity contribution in [1.29, 1.82) is 0 Å². The Balaban J connectivity index is 0. The zero-order chi connectivity index (χ0) is 16.9. The molecule has 4 N–H and O–H groups in total. The Morgan fingerprint density at radius 1 is 1.19 bits per heavy atom. The van der Waals surface area contributed by atoms with Gasteiger partial charge in [-0.15, -0.1) is 0 Å². The summed E-state index contributed by atoms with van der Waals surface area (Å²) < 4.78 is 38.3. The molecule has 0 radical (unpaired) electrons. The molecule has 7 nitrogen and oxygen atoms in total. The molecule has 1 aromatic carbocycles. The van der Waals surface area contributed by atoms with Crippen LogP contribution in [-0.4, -0.2) is 53.7 Å². The number of carboxylic acid groups (broad SMARTS) is 1. The molecule has 0 aliphatic heterocycles. The van der Waals surface area contributed by atoms with Gasteiger partial charge in [-0.2, -0.15) is 8.42 Å². The number of hydrogen-bond acceptors (Lipinski definition) is 5. The molecule has 0 aromatic heterocycles. The lowest BCUT2D eigenvalue weighted by atomic mass is 10.2. The standard InChI is InChI=1S/C7H5FO2.C4H6O2.CH4O3S/c8-6-4-2-1-3-5(6)7(9)10;5-3-1-2-4-6;1-5(2,3)4/h1-4H,(H,9,10);5-6H,3-4H2;1H3,(H,2,3,4). The van der Waals surface area contributed by atoms with Gasteiger partial charge in [0.05, 0.1) is 11.8 Å². The highest BCUT2D eigenvalue weighted by Gasteiger charge is 2.06. The first-order valence-corrected chi connectivity index (χ1v) is 7.06. The second-order valence-corrected chi connectivity index (χ2v) is 4.65. The summed E-state index contributed by atoms with van der Waals surface area (Å²) in [6.45, 7) is -0.332. The molecule has 0 unspecified atom stereocenters. The van der Waals surface area contributed by atoms with E-state index in [0.717, 1.165) is 6.07 Å². The van der Waals surface area contributed by atoms with Gasteiger partial charge < -0.3 is 15.3 Å². The summed E-state index contributed by atoms with van der Waals surface area (Å²) in [5.74, 6) is 2.57. The first-order valence-electron chi connectivity index (χ1n) is 5.21. The van der Waals surface area contributed by atoms with Crippen LogP contribution >= 0.6 is 0 Å². The van der Waals surface area contributed by atoms with E-state index in [9.17, 15) is 17.6 Å². The van der Waals surface area contributed by atoms with E-state index in [1.54, 1.807) is 0 Å². The summed E-state index contributed by atoms with van der Waals surface area (Å²) >= 11 is 0. The normalized spacial score (nSPS) is 9.00. The van der Waals surface area contributed by atoms with Crippen molar-refractivity contribution in [2.45, 2.75) is 0 Å². The summed E-state index contributed by atoms with van der Waals surface area (Å²) in [7, 11) is -3.67. The van der Waals surface area contributed by atoms with E-state index in [1.165, 1.54) is 18.2 Å². The summed E-state index contributed by atoms with van der Waals surface area (Å²) in [5, 5.41) is 24.2. The monoisotopic (exact) mass is 322 g/mol. The fraction of sp³-hybridized carbons (Fsp3) is 0.250. The van der Waals surface area contributed by atoms with E-state index >= 15 is 0 Å². The number of aliphatic hydroxyl groups is 2. The summed E-state index contributed by atoms with van der Waals surface area (Å²) in [6, 6.07) is 5.26. The molecule has 0 amide bonds. The van der Waals surface area contributed by atoms with Crippen LogP contribution in [0.15, 0.2) is 24.3 Å². The number of aromatic carboxylic acids is 1. The van der Waals surface area contributed by atoms with Crippen molar-refractivity contribution in [2.75, 3.05) is 19.5 Å². The number of carboxylic acids is 1. The smallest absolute Gasteiger partial charge is 0.338 e. The topological polar surface area (TPSA) is 132 Å². The molecule has 0 heterocycles. The molecule has 9 heteroatoms. The third-order valence-electron chi connectivity index (χ3n) is 1.39. The third-order valence-corrected chi connectivity index (χ3v) is 1.39. The lowest BCUT2D eigenvalue weighted by Crippen LogP contribution is -1.98. The Kier molecular flexibility index (Phi) is 12.0. The molecule has 0 aliphatic rings. The van der Waals surface area contributed by atoms with Gasteiger partial charge in [0.2, 0.25) is 0 Å². The lowest BCUT2D eigenvalue weighted by molar-refractivity contribution is 0.0692. The average molecular weight is 322 g/mol. The van der Waals surface area contributed by atoms with Crippen LogP contribution in [0.2, 0.25) is 0 Å². The third kappa shape index (κ3) is 18.0. The molecule has 0 saturated heterocycles. The van der Waals surface area contributed by atoms with Gasteiger partial charge in [-0.1, -0.05) is 24.0 Å². The minimum atomic E-state index is -3.67. The van der Waals surface area contributed by atoms with Gasteiger partial charge in [0.15, 0.2) is 0 Å². The van der Waals surface area contributed by atoms with Gasteiger partial charge in [-0.25, -0.2) is 9.18 Å². The molecule has 0 saturated carbocycles. The van der Waals surface area contributed by atoms with E-state index in [0.29, 0.717) is 6.26 Å². The zero-order valence-electron chi connectivity index (χ0n) is 11.0. The maximum atomic E-state index is 12.5. The highest BCUT2D eigenvalue weighted by molar-refractivity contribution is 7.85. The Morgan fingerprint density at radius 3 is 1.81 bits per heavy atom. The SMILES string of the molecule is CS(=O)(=O)O.O=C(O)c1ccccc1F.OCC#CCO.